The van der Waals surface area contributed by atoms with Crippen LogP contribution in [0.2, 0.25) is 0 Å². The van der Waals surface area contributed by atoms with E-state index in [1.54, 1.807) is 4.90 Å². The van der Waals surface area contributed by atoms with Crippen LogP contribution < -0.4 is 4.90 Å². The average Bonchev–Trinajstić information content (AvgIpc) is 2.49. The second kappa shape index (κ2) is 6.25. The van der Waals surface area contributed by atoms with E-state index in [0.29, 0.717) is 5.91 Å². The zero-order valence-corrected chi connectivity index (χ0v) is 13.8. The molecule has 1 rings (SSSR count). The fraction of sp³-hybridized carbons (Fsp3) is 0.938. The van der Waals surface area contributed by atoms with Crippen LogP contribution in [0.5, 0.6) is 0 Å². The monoisotopic (exact) mass is 269 g/mol. The number of hydrogen-bond donors (Lipinski definition) is 1. The van der Waals surface area contributed by atoms with Crippen molar-refractivity contribution in [2.24, 2.45) is 10.8 Å². The van der Waals surface area contributed by atoms with Crippen LogP contribution in [0.25, 0.3) is 0 Å². The lowest BCUT2D eigenvalue weighted by Crippen LogP contribution is -3.12. The highest BCUT2D eigenvalue weighted by atomic mass is 16.2. The molecule has 0 spiro atoms. The van der Waals surface area contributed by atoms with Crippen LogP contribution in [0.4, 0.5) is 0 Å². The van der Waals surface area contributed by atoms with Crippen LogP contribution in [0, 0.1) is 10.8 Å². The molecule has 1 heterocycles. The van der Waals surface area contributed by atoms with E-state index in [1.807, 2.05) is 0 Å². The molecule has 1 atom stereocenters. The number of carbonyl (C=O) groups is 1. The highest BCUT2D eigenvalue weighted by molar-refractivity contribution is 5.82. The molecule has 112 valence electrons. The highest BCUT2D eigenvalue weighted by Crippen LogP contribution is 2.34. The van der Waals surface area contributed by atoms with Crippen LogP contribution in [0.3, 0.4) is 0 Å². The molecule has 0 saturated carbocycles. The van der Waals surface area contributed by atoms with Gasteiger partial charge in [-0.25, -0.2) is 0 Å². The molecule has 1 saturated heterocycles. The van der Waals surface area contributed by atoms with Crippen LogP contribution >= 0.6 is 0 Å². The molecule has 1 aliphatic rings. The second-order valence-electron chi connectivity index (χ2n) is 7.87. The predicted octanol–water partition coefficient (Wildman–Crippen LogP) is 1.59. The van der Waals surface area contributed by atoms with Gasteiger partial charge in [0.1, 0.15) is 0 Å². The van der Waals surface area contributed by atoms with E-state index in [2.05, 4.69) is 46.4 Å². The molecule has 3 nitrogen and oxygen atoms in total. The minimum atomic E-state index is -0.241. The molecule has 0 radical (unpaired) electrons. The summed E-state index contributed by atoms with van der Waals surface area (Å²) in [4.78, 5) is 16.5. The van der Waals surface area contributed by atoms with Gasteiger partial charge in [0.2, 0.25) is 5.91 Å². The number of nitrogens with zero attached hydrogens (tertiary/aromatic N) is 1. The molecule has 1 aliphatic heterocycles. The summed E-state index contributed by atoms with van der Waals surface area (Å²) in [6, 6.07) is 0. The van der Waals surface area contributed by atoms with E-state index < -0.39 is 0 Å². The van der Waals surface area contributed by atoms with Crippen LogP contribution in [-0.2, 0) is 4.79 Å². The average molecular weight is 269 g/mol. The number of hydrogen-bond acceptors (Lipinski definition) is 1. The lowest BCUT2D eigenvalue weighted by molar-refractivity contribution is -0.896. The largest absolute Gasteiger partial charge is 0.336 e. The zero-order valence-electron chi connectivity index (χ0n) is 13.8. The van der Waals surface area contributed by atoms with Gasteiger partial charge >= 0.3 is 0 Å². The standard InChI is InChI=1S/C16H32N2O/c1-7-17-9-8-10-18(12-11-17)14(19)16(5,6)13-15(2,3)4/h7-13H2,1-6H3/p+1. The Morgan fingerprint density at radius 1 is 1.11 bits per heavy atom. The third-order valence-electron chi connectivity index (χ3n) is 4.03. The lowest BCUT2D eigenvalue weighted by Gasteiger charge is -2.35. The Labute approximate surface area is 119 Å². The first-order valence-electron chi connectivity index (χ1n) is 7.79. The van der Waals surface area contributed by atoms with Crippen molar-refractivity contribution >= 4 is 5.91 Å². The van der Waals surface area contributed by atoms with E-state index in [4.69, 9.17) is 0 Å². The fourth-order valence-corrected chi connectivity index (χ4v) is 3.44. The molecule has 0 aromatic heterocycles. The molecule has 3 heteroatoms. The van der Waals surface area contributed by atoms with Crippen molar-refractivity contribution in [2.45, 2.75) is 54.4 Å². The summed E-state index contributed by atoms with van der Waals surface area (Å²) in [6.45, 7) is 18.4. The van der Waals surface area contributed by atoms with E-state index in [0.717, 1.165) is 32.5 Å². The van der Waals surface area contributed by atoms with E-state index >= 15 is 0 Å². The molecule has 0 bridgehead atoms. The van der Waals surface area contributed by atoms with Crippen molar-refractivity contribution < 1.29 is 9.69 Å². The van der Waals surface area contributed by atoms with Crippen molar-refractivity contribution in [3.63, 3.8) is 0 Å². The van der Waals surface area contributed by atoms with E-state index in [1.165, 1.54) is 13.1 Å². The van der Waals surface area contributed by atoms with E-state index in [-0.39, 0.29) is 10.8 Å². The summed E-state index contributed by atoms with van der Waals surface area (Å²) < 4.78 is 0. The third-order valence-corrected chi connectivity index (χ3v) is 4.03. The maximum Gasteiger partial charge on any atom is 0.228 e. The van der Waals surface area contributed by atoms with Gasteiger partial charge in [-0.05, 0) is 18.8 Å². The second-order valence-corrected chi connectivity index (χ2v) is 7.87. The van der Waals surface area contributed by atoms with Crippen molar-refractivity contribution in [3.05, 3.63) is 0 Å². The van der Waals surface area contributed by atoms with Gasteiger partial charge in [0.05, 0.1) is 26.2 Å². The maximum atomic E-state index is 12.8. The van der Waals surface area contributed by atoms with Crippen LogP contribution in [0.15, 0.2) is 0 Å². The normalized spacial score (nSPS) is 22.2. The Kier molecular flexibility index (Phi) is 5.43. The van der Waals surface area contributed by atoms with Crippen molar-refractivity contribution in [2.75, 3.05) is 32.7 Å². The highest BCUT2D eigenvalue weighted by Gasteiger charge is 2.36. The van der Waals surface area contributed by atoms with Gasteiger partial charge in [-0.15, -0.1) is 0 Å². The van der Waals surface area contributed by atoms with Crippen molar-refractivity contribution in [3.8, 4) is 0 Å². The molecular formula is C16H33N2O+. The van der Waals surface area contributed by atoms with Gasteiger partial charge in [-0.1, -0.05) is 34.6 Å². The quantitative estimate of drug-likeness (QED) is 0.827. The Morgan fingerprint density at radius 2 is 1.74 bits per heavy atom. The first-order valence-corrected chi connectivity index (χ1v) is 7.79. The maximum absolute atomic E-state index is 12.8. The smallest absolute Gasteiger partial charge is 0.228 e. The van der Waals surface area contributed by atoms with Gasteiger partial charge < -0.3 is 9.80 Å². The number of amides is 1. The number of rotatable bonds is 3. The SMILES string of the molecule is CC[NH+]1CCCN(C(=O)C(C)(C)CC(C)(C)C)CC1. The summed E-state index contributed by atoms with van der Waals surface area (Å²) in [7, 11) is 0. The molecular weight excluding hydrogens is 236 g/mol. The summed E-state index contributed by atoms with van der Waals surface area (Å²) >= 11 is 0. The number of nitrogens with one attached hydrogen (secondary N) is 1. The number of likely N-dealkylation sites (N-methyl/N-ethyl adjacent to an activating group) is 1. The molecule has 1 fully saturated rings. The number of quaternary nitrogens is 1. The van der Waals surface area contributed by atoms with Crippen molar-refractivity contribution in [1.29, 1.82) is 0 Å². The van der Waals surface area contributed by atoms with Crippen molar-refractivity contribution in [1.82, 2.24) is 4.90 Å². The first kappa shape index (κ1) is 16.5. The Morgan fingerprint density at radius 3 is 2.26 bits per heavy atom. The molecule has 0 aromatic carbocycles. The van der Waals surface area contributed by atoms with Gasteiger partial charge in [0, 0.05) is 18.4 Å². The molecule has 1 N–H and O–H groups in total. The minimum Gasteiger partial charge on any atom is -0.336 e. The molecule has 1 amide bonds. The van der Waals surface area contributed by atoms with Gasteiger partial charge in [-0.3, -0.25) is 4.79 Å². The van der Waals surface area contributed by atoms with E-state index in [9.17, 15) is 4.79 Å². The molecule has 1 unspecified atom stereocenters. The number of carbonyl (C=O) groups excluding carboxylic acids is 1. The van der Waals surface area contributed by atoms with Crippen LogP contribution in [0.1, 0.15) is 54.4 Å². The van der Waals surface area contributed by atoms with Gasteiger partial charge in [0.15, 0.2) is 0 Å². The molecule has 19 heavy (non-hydrogen) atoms. The van der Waals surface area contributed by atoms with Gasteiger partial charge in [0.25, 0.3) is 0 Å². The zero-order chi connectivity index (χ0) is 14.7. The predicted molar refractivity (Wildman–Crippen MR) is 80.3 cm³/mol. The summed E-state index contributed by atoms with van der Waals surface area (Å²) in [6.07, 6.45) is 2.08. The van der Waals surface area contributed by atoms with Gasteiger partial charge in [-0.2, -0.15) is 0 Å². The molecule has 0 aromatic rings. The Balaban J connectivity index is 2.66. The first-order chi connectivity index (χ1) is 8.65. The topological polar surface area (TPSA) is 24.8 Å². The minimum absolute atomic E-state index is 0.200. The Bertz CT molecular complexity index is 304. The molecule has 0 aliphatic carbocycles. The third kappa shape index (κ3) is 5.13. The summed E-state index contributed by atoms with van der Waals surface area (Å²) in [5, 5.41) is 0. The Hall–Kier alpha value is -0.570. The fourth-order valence-electron chi connectivity index (χ4n) is 3.44. The lowest BCUT2D eigenvalue weighted by atomic mass is 9.75. The summed E-state index contributed by atoms with van der Waals surface area (Å²) in [5.41, 5.74) is -0.0410. The summed E-state index contributed by atoms with van der Waals surface area (Å²) in [5.74, 6) is 0.347. The van der Waals surface area contributed by atoms with Crippen LogP contribution in [-0.4, -0.2) is 43.5 Å².